The number of hydrogen-bond donors (Lipinski definition) is 0. The second-order valence-electron chi connectivity index (χ2n) is 6.47. The van der Waals surface area contributed by atoms with E-state index in [2.05, 4.69) is 0 Å². The molecular weight excluding hydrogens is 350 g/mol. The number of benzene rings is 1. The summed E-state index contributed by atoms with van der Waals surface area (Å²) in [6.07, 6.45) is 4.40. The Morgan fingerprint density at radius 3 is 2.29 bits per heavy atom. The van der Waals surface area contributed by atoms with Crippen LogP contribution in [0.1, 0.15) is 32.1 Å². The van der Waals surface area contributed by atoms with Gasteiger partial charge in [-0.25, -0.2) is 16.8 Å². The largest absolute Gasteiger partial charge is 0.497 e. The molecule has 1 saturated heterocycles. The molecule has 0 amide bonds. The van der Waals surface area contributed by atoms with Crippen LogP contribution in [-0.2, 0) is 19.9 Å². The molecule has 0 unspecified atom stereocenters. The Morgan fingerprint density at radius 2 is 1.67 bits per heavy atom. The summed E-state index contributed by atoms with van der Waals surface area (Å²) in [6, 6.07) is 6.24. The molecule has 0 aromatic heterocycles. The van der Waals surface area contributed by atoms with E-state index in [-0.39, 0.29) is 23.2 Å². The van der Waals surface area contributed by atoms with Crippen LogP contribution in [0, 0.1) is 0 Å². The fourth-order valence-electron chi connectivity index (χ4n) is 3.38. The van der Waals surface area contributed by atoms with Crippen molar-refractivity contribution in [3.63, 3.8) is 0 Å². The molecule has 0 atom stereocenters. The lowest BCUT2D eigenvalue weighted by Crippen LogP contribution is -2.58. The monoisotopic (exact) mass is 373 g/mol. The van der Waals surface area contributed by atoms with E-state index < -0.39 is 25.1 Å². The first-order valence-electron chi connectivity index (χ1n) is 8.22. The Hall–Kier alpha value is -1.12. The predicted molar refractivity (Wildman–Crippen MR) is 91.3 cm³/mol. The number of ether oxygens (including phenoxy) is 1. The molecule has 134 valence electrons. The summed E-state index contributed by atoms with van der Waals surface area (Å²) in [5.41, 5.74) is 0. The lowest BCUT2D eigenvalue weighted by Gasteiger charge is -2.39. The maximum Gasteiger partial charge on any atom is 0.243 e. The quantitative estimate of drug-likeness (QED) is 0.786. The predicted octanol–water partition coefficient (Wildman–Crippen LogP) is 1.82. The van der Waals surface area contributed by atoms with Gasteiger partial charge in [0.1, 0.15) is 5.75 Å². The highest BCUT2D eigenvalue weighted by atomic mass is 32.2. The van der Waals surface area contributed by atoms with Crippen molar-refractivity contribution in [1.29, 1.82) is 0 Å². The molecule has 1 aliphatic heterocycles. The van der Waals surface area contributed by atoms with Crippen LogP contribution in [0.4, 0.5) is 0 Å². The van der Waals surface area contributed by atoms with Crippen LogP contribution in [0.2, 0.25) is 0 Å². The van der Waals surface area contributed by atoms with E-state index in [0.717, 1.165) is 19.3 Å². The zero-order valence-corrected chi connectivity index (χ0v) is 15.4. The average molecular weight is 373 g/mol. The average Bonchev–Trinajstić information content (AvgIpc) is 2.54. The standard InChI is InChI=1S/C16H23NO5S2/c1-22-13-6-5-9-15(10-13)24(20,21)17-11-16(12-17)23(18,19)14-7-3-2-4-8-14/h5-6,9-10,14,16H,2-4,7-8,11-12H2,1H3. The van der Waals surface area contributed by atoms with Gasteiger partial charge in [0.15, 0.2) is 9.84 Å². The molecule has 1 heterocycles. The van der Waals surface area contributed by atoms with Crippen LogP contribution in [-0.4, -0.2) is 51.8 Å². The summed E-state index contributed by atoms with van der Waals surface area (Å²) in [5, 5.41) is -0.862. The summed E-state index contributed by atoms with van der Waals surface area (Å²) in [4.78, 5) is 0.135. The van der Waals surface area contributed by atoms with Crippen LogP contribution in [0.15, 0.2) is 29.2 Å². The SMILES string of the molecule is COc1cccc(S(=O)(=O)N2CC(S(=O)(=O)C3CCCCC3)C2)c1. The van der Waals surface area contributed by atoms with Gasteiger partial charge in [-0.2, -0.15) is 4.31 Å². The normalized spacial score (nSPS) is 21.4. The molecule has 0 N–H and O–H groups in total. The third kappa shape index (κ3) is 3.19. The van der Waals surface area contributed by atoms with Gasteiger partial charge in [-0.1, -0.05) is 25.3 Å². The molecular formula is C16H23NO5S2. The molecule has 0 radical (unpaired) electrons. The highest BCUT2D eigenvalue weighted by Gasteiger charge is 2.46. The van der Waals surface area contributed by atoms with Gasteiger partial charge in [-0.05, 0) is 25.0 Å². The number of sulfone groups is 1. The fourth-order valence-corrected chi connectivity index (χ4v) is 7.45. The van der Waals surface area contributed by atoms with Crippen molar-refractivity contribution in [2.45, 2.75) is 47.5 Å². The van der Waals surface area contributed by atoms with Gasteiger partial charge in [0, 0.05) is 19.2 Å². The maximum atomic E-state index is 12.6. The van der Waals surface area contributed by atoms with Crippen molar-refractivity contribution >= 4 is 19.9 Å². The van der Waals surface area contributed by atoms with Crippen LogP contribution >= 0.6 is 0 Å². The van der Waals surface area contributed by atoms with E-state index in [1.807, 2.05) is 0 Å². The van der Waals surface area contributed by atoms with Crippen molar-refractivity contribution in [2.24, 2.45) is 0 Å². The van der Waals surface area contributed by atoms with E-state index in [1.54, 1.807) is 12.1 Å². The molecule has 1 aromatic carbocycles. The third-order valence-electron chi connectivity index (χ3n) is 4.97. The molecule has 24 heavy (non-hydrogen) atoms. The second kappa shape index (κ2) is 6.65. The second-order valence-corrected chi connectivity index (χ2v) is 10.9. The first kappa shape index (κ1) is 17.7. The summed E-state index contributed by atoms with van der Waals surface area (Å²) in [7, 11) is -5.44. The Labute approximate surface area is 143 Å². The Kier molecular flexibility index (Phi) is 4.90. The van der Waals surface area contributed by atoms with Crippen molar-refractivity contribution in [2.75, 3.05) is 20.2 Å². The van der Waals surface area contributed by atoms with Gasteiger partial charge < -0.3 is 4.74 Å². The topological polar surface area (TPSA) is 80.8 Å². The minimum atomic E-state index is -3.67. The smallest absolute Gasteiger partial charge is 0.243 e. The number of nitrogens with zero attached hydrogens (tertiary/aromatic N) is 1. The maximum absolute atomic E-state index is 12.6. The zero-order chi connectivity index (χ0) is 17.4. The zero-order valence-electron chi connectivity index (χ0n) is 13.7. The molecule has 0 spiro atoms. The summed E-state index contributed by atoms with van der Waals surface area (Å²) in [5.74, 6) is 0.461. The van der Waals surface area contributed by atoms with E-state index in [4.69, 9.17) is 4.74 Å². The highest BCUT2D eigenvalue weighted by Crippen LogP contribution is 2.32. The van der Waals surface area contributed by atoms with Crippen molar-refractivity contribution < 1.29 is 21.6 Å². The number of sulfonamides is 1. The Bertz CT molecular complexity index is 792. The fraction of sp³-hybridized carbons (Fsp3) is 0.625. The Morgan fingerprint density at radius 1 is 1.00 bits per heavy atom. The molecule has 3 rings (SSSR count). The lowest BCUT2D eigenvalue weighted by molar-refractivity contribution is 0.306. The molecule has 0 bridgehead atoms. The first-order chi connectivity index (χ1) is 11.4. The van der Waals surface area contributed by atoms with Gasteiger partial charge >= 0.3 is 0 Å². The van der Waals surface area contributed by atoms with Crippen molar-refractivity contribution in [3.8, 4) is 5.75 Å². The van der Waals surface area contributed by atoms with E-state index in [0.29, 0.717) is 18.6 Å². The van der Waals surface area contributed by atoms with Gasteiger partial charge in [0.25, 0.3) is 0 Å². The Balaban J connectivity index is 1.71. The van der Waals surface area contributed by atoms with Crippen molar-refractivity contribution in [1.82, 2.24) is 4.31 Å². The van der Waals surface area contributed by atoms with Crippen LogP contribution in [0.25, 0.3) is 0 Å². The van der Waals surface area contributed by atoms with E-state index >= 15 is 0 Å². The number of rotatable bonds is 5. The van der Waals surface area contributed by atoms with Crippen LogP contribution in [0.5, 0.6) is 5.75 Å². The van der Waals surface area contributed by atoms with Gasteiger partial charge in [0.05, 0.1) is 22.5 Å². The lowest BCUT2D eigenvalue weighted by atomic mass is 10.0. The van der Waals surface area contributed by atoms with Crippen LogP contribution < -0.4 is 4.74 Å². The molecule has 6 nitrogen and oxygen atoms in total. The molecule has 2 fully saturated rings. The highest BCUT2D eigenvalue weighted by molar-refractivity contribution is 7.93. The molecule has 2 aliphatic rings. The van der Waals surface area contributed by atoms with Gasteiger partial charge in [-0.15, -0.1) is 0 Å². The summed E-state index contributed by atoms with van der Waals surface area (Å²) < 4.78 is 56.8. The minimum Gasteiger partial charge on any atom is -0.497 e. The van der Waals surface area contributed by atoms with Crippen LogP contribution in [0.3, 0.4) is 0 Å². The van der Waals surface area contributed by atoms with E-state index in [9.17, 15) is 16.8 Å². The van der Waals surface area contributed by atoms with Gasteiger partial charge in [0.2, 0.25) is 10.0 Å². The van der Waals surface area contributed by atoms with E-state index in [1.165, 1.54) is 23.5 Å². The summed E-state index contributed by atoms with van der Waals surface area (Å²) in [6.45, 7) is 0.108. The molecule has 1 aliphatic carbocycles. The third-order valence-corrected chi connectivity index (χ3v) is 9.43. The molecule has 8 heteroatoms. The number of methoxy groups -OCH3 is 1. The van der Waals surface area contributed by atoms with Gasteiger partial charge in [-0.3, -0.25) is 0 Å². The molecule has 1 aromatic rings. The molecule has 1 saturated carbocycles. The number of hydrogen-bond acceptors (Lipinski definition) is 5. The van der Waals surface area contributed by atoms with Crippen molar-refractivity contribution in [3.05, 3.63) is 24.3 Å². The first-order valence-corrected chi connectivity index (χ1v) is 11.3. The summed E-state index contributed by atoms with van der Waals surface area (Å²) >= 11 is 0. The minimum absolute atomic E-state index is 0.0539.